The predicted molar refractivity (Wildman–Crippen MR) is 181 cm³/mol. The normalized spacial score (nSPS) is 21.3. The molecule has 242 valence electrons. The summed E-state index contributed by atoms with van der Waals surface area (Å²) in [6.45, 7) is 11.0. The molecule has 2 aliphatic carbocycles. The Morgan fingerprint density at radius 1 is 1.02 bits per heavy atom. The molecule has 3 aromatic heterocycles. The molecule has 4 aliphatic rings. The van der Waals surface area contributed by atoms with Crippen LogP contribution in [0.1, 0.15) is 89.4 Å². The van der Waals surface area contributed by atoms with Crippen LogP contribution in [0.2, 0.25) is 0 Å². The third-order valence-electron chi connectivity index (χ3n) is 9.73. The molecule has 1 N–H and O–H groups in total. The minimum atomic E-state index is -0.181. The van der Waals surface area contributed by atoms with Crippen LogP contribution in [0.4, 0.5) is 11.6 Å². The zero-order valence-corrected chi connectivity index (χ0v) is 28.4. The average Bonchev–Trinajstić information content (AvgIpc) is 3.99. The Balaban J connectivity index is 0.00000175. The van der Waals surface area contributed by atoms with Gasteiger partial charge in [-0.25, -0.2) is 14.6 Å². The first-order valence-electron chi connectivity index (χ1n) is 17.0. The van der Waals surface area contributed by atoms with Crippen molar-refractivity contribution < 1.29 is 9.53 Å². The van der Waals surface area contributed by atoms with Gasteiger partial charge < -0.3 is 14.5 Å². The second-order valence-corrected chi connectivity index (χ2v) is 14.4. The van der Waals surface area contributed by atoms with Gasteiger partial charge in [-0.05, 0) is 113 Å². The molecule has 45 heavy (non-hydrogen) atoms. The highest BCUT2D eigenvalue weighted by Gasteiger charge is 2.42. The second kappa shape index (κ2) is 13.6. The lowest BCUT2D eigenvalue weighted by molar-refractivity contribution is 0.0984. The van der Waals surface area contributed by atoms with Crippen LogP contribution in [-0.4, -0.2) is 57.9 Å². The number of carbonyl (C=O) groups excluding carboxylic acids is 1. The average molecular weight is 632 g/mol. The van der Waals surface area contributed by atoms with Crippen molar-refractivity contribution in [1.82, 2.24) is 24.5 Å². The number of carbonyl (C=O) groups is 1. The molecule has 10 heteroatoms. The summed E-state index contributed by atoms with van der Waals surface area (Å²) < 4.78 is 10.9. The summed E-state index contributed by atoms with van der Waals surface area (Å²) in [6, 6.07) is 11.6. The Hall–Kier alpha value is -3.27. The van der Waals surface area contributed by atoms with Gasteiger partial charge in [0.15, 0.2) is 5.82 Å². The first kappa shape index (κ1) is 31.7. The topological polar surface area (TPSA) is 88.4 Å². The molecule has 1 unspecified atom stereocenters. The summed E-state index contributed by atoms with van der Waals surface area (Å²) in [6.07, 6.45) is 11.8. The Bertz CT molecular complexity index is 1460. The Morgan fingerprint density at radius 2 is 1.80 bits per heavy atom. The fourth-order valence-electron chi connectivity index (χ4n) is 7.18. The van der Waals surface area contributed by atoms with Crippen LogP contribution in [0, 0.1) is 23.7 Å². The van der Waals surface area contributed by atoms with E-state index < -0.39 is 0 Å². The molecule has 5 heterocycles. The van der Waals surface area contributed by atoms with Crippen molar-refractivity contribution >= 4 is 29.5 Å². The van der Waals surface area contributed by atoms with Crippen molar-refractivity contribution in [3.8, 4) is 11.7 Å². The molecule has 0 aromatic carbocycles. The van der Waals surface area contributed by atoms with E-state index in [9.17, 15) is 4.79 Å². The van der Waals surface area contributed by atoms with E-state index in [2.05, 4.69) is 35.4 Å². The summed E-state index contributed by atoms with van der Waals surface area (Å²) in [5.41, 5.74) is 0.425. The smallest absolute Gasteiger partial charge is 0.265 e. The highest BCUT2D eigenvalue weighted by Crippen LogP contribution is 2.50. The number of amides is 1. The molecule has 2 aliphatic heterocycles. The largest absolute Gasteiger partial charge is 0.477 e. The van der Waals surface area contributed by atoms with Crippen LogP contribution in [0.15, 0.2) is 47.6 Å². The number of aromatic nitrogens is 4. The standard InChI is InChI=1S/C33H43N7O2S.C2H6/c1-33(2)20-22-6-5-17-38(3)27-7-4-8-30(34-27)43-37-32(41)26-13-14-28(35-31(26)39(33)21-22)40-18-15-29(36-40)42-19-16-25(23-9-10-23)24-11-12-24;1-2/h4,7-8,13-15,18,22-25H,5-6,9-12,16-17,19-21H2,1-3H3,(H,37,41);1-2H3. The second-order valence-electron chi connectivity index (χ2n) is 13.5. The van der Waals surface area contributed by atoms with Gasteiger partial charge in [-0.15, -0.1) is 5.10 Å². The van der Waals surface area contributed by atoms with Gasteiger partial charge in [-0.1, -0.05) is 19.9 Å². The zero-order chi connectivity index (χ0) is 31.6. The van der Waals surface area contributed by atoms with E-state index >= 15 is 0 Å². The van der Waals surface area contributed by atoms with E-state index in [1.165, 1.54) is 37.6 Å². The van der Waals surface area contributed by atoms with Crippen molar-refractivity contribution in [2.24, 2.45) is 23.7 Å². The summed E-state index contributed by atoms with van der Waals surface area (Å²) in [4.78, 5) is 28.0. The summed E-state index contributed by atoms with van der Waals surface area (Å²) in [5, 5.41) is 5.47. The van der Waals surface area contributed by atoms with E-state index in [0.717, 1.165) is 67.4 Å². The van der Waals surface area contributed by atoms with Gasteiger partial charge in [0.2, 0.25) is 5.88 Å². The van der Waals surface area contributed by atoms with Gasteiger partial charge in [-0.3, -0.25) is 9.52 Å². The molecule has 3 aromatic rings. The molecule has 4 bridgehead atoms. The van der Waals surface area contributed by atoms with E-state index in [0.29, 0.717) is 35.6 Å². The third kappa shape index (κ3) is 7.42. The molecular weight excluding hydrogens is 582 g/mol. The maximum Gasteiger partial charge on any atom is 0.265 e. The van der Waals surface area contributed by atoms with Crippen molar-refractivity contribution in [3.05, 3.63) is 48.2 Å². The number of pyridine rings is 2. The van der Waals surface area contributed by atoms with Gasteiger partial charge >= 0.3 is 0 Å². The van der Waals surface area contributed by atoms with Crippen LogP contribution in [-0.2, 0) is 0 Å². The third-order valence-corrected chi connectivity index (χ3v) is 10.5. The lowest BCUT2D eigenvalue weighted by Crippen LogP contribution is -2.40. The molecule has 1 atom stereocenters. The fraction of sp³-hybridized carbons (Fsp3) is 0.600. The number of anilines is 2. The number of nitrogens with zero attached hydrogens (tertiary/aromatic N) is 6. The van der Waals surface area contributed by atoms with Crippen LogP contribution in [0.25, 0.3) is 5.82 Å². The molecule has 7 rings (SSSR count). The van der Waals surface area contributed by atoms with Gasteiger partial charge in [0.25, 0.3) is 5.91 Å². The molecule has 2 saturated carbocycles. The van der Waals surface area contributed by atoms with E-state index in [1.807, 2.05) is 56.4 Å². The molecule has 9 nitrogen and oxygen atoms in total. The monoisotopic (exact) mass is 631 g/mol. The summed E-state index contributed by atoms with van der Waals surface area (Å²) in [7, 11) is 2.09. The van der Waals surface area contributed by atoms with Gasteiger partial charge in [0.05, 0.1) is 12.2 Å². The van der Waals surface area contributed by atoms with Gasteiger partial charge in [0, 0.05) is 49.9 Å². The number of fused-ring (bicyclic) bond motifs is 6. The van der Waals surface area contributed by atoms with Crippen molar-refractivity contribution in [3.63, 3.8) is 0 Å². The number of hydrogen-bond donors (Lipinski definition) is 1. The van der Waals surface area contributed by atoms with E-state index in [4.69, 9.17) is 19.8 Å². The lowest BCUT2D eigenvalue weighted by Gasteiger charge is -2.34. The van der Waals surface area contributed by atoms with E-state index in [1.54, 1.807) is 4.68 Å². The first-order valence-corrected chi connectivity index (χ1v) is 17.8. The molecule has 3 fully saturated rings. The SMILES string of the molecule is CC.CN1CCCC2CN(c3nc(-n4ccc(OCCC(C5CC5)C5CC5)n4)ccc3C(=O)NSc3cccc1n3)C(C)(C)C2. The first-order chi connectivity index (χ1) is 21.8. The maximum absolute atomic E-state index is 13.6. The highest BCUT2D eigenvalue weighted by molar-refractivity contribution is 7.97. The quantitative estimate of drug-likeness (QED) is 0.275. The Morgan fingerprint density at radius 3 is 2.56 bits per heavy atom. The number of hydrogen-bond acceptors (Lipinski definition) is 8. The number of ether oxygens (including phenoxy) is 1. The van der Waals surface area contributed by atoms with Crippen LogP contribution in [0.5, 0.6) is 5.88 Å². The number of rotatable bonds is 7. The Labute approximate surface area is 272 Å². The van der Waals surface area contributed by atoms with Crippen LogP contribution in [0.3, 0.4) is 0 Å². The van der Waals surface area contributed by atoms with Crippen molar-refractivity contribution in [1.29, 1.82) is 0 Å². The molecular formula is C35H49N7O2S. The minimum absolute atomic E-state index is 0.134. The van der Waals surface area contributed by atoms with Crippen molar-refractivity contribution in [2.45, 2.75) is 89.6 Å². The molecule has 0 spiro atoms. The number of nitrogens with one attached hydrogen (secondary N) is 1. The minimum Gasteiger partial charge on any atom is -0.477 e. The van der Waals surface area contributed by atoms with Crippen LogP contribution >= 0.6 is 11.9 Å². The Kier molecular flexibility index (Phi) is 9.59. The molecule has 1 saturated heterocycles. The van der Waals surface area contributed by atoms with Crippen molar-refractivity contribution in [2.75, 3.05) is 36.5 Å². The zero-order valence-electron chi connectivity index (χ0n) is 27.5. The lowest BCUT2D eigenvalue weighted by atomic mass is 9.93. The van der Waals surface area contributed by atoms with Gasteiger partial charge in [-0.2, -0.15) is 0 Å². The maximum atomic E-state index is 13.6. The highest BCUT2D eigenvalue weighted by atomic mass is 32.2. The molecule has 1 amide bonds. The summed E-state index contributed by atoms with van der Waals surface area (Å²) >= 11 is 1.24. The predicted octanol–water partition coefficient (Wildman–Crippen LogP) is 7.17. The molecule has 0 radical (unpaired) electrons. The summed E-state index contributed by atoms with van der Waals surface area (Å²) in [5.74, 6) is 5.94. The van der Waals surface area contributed by atoms with Crippen LogP contribution < -0.4 is 19.3 Å². The van der Waals surface area contributed by atoms with E-state index in [-0.39, 0.29) is 11.4 Å². The fourth-order valence-corrected chi connectivity index (χ4v) is 7.77. The van der Waals surface area contributed by atoms with Gasteiger partial charge in [0.1, 0.15) is 16.7 Å².